The molecule has 2 aromatic heterocycles. The van der Waals surface area contributed by atoms with Crippen LogP contribution in [0.25, 0.3) is 11.0 Å². The first-order chi connectivity index (χ1) is 15.6. The zero-order chi connectivity index (χ0) is 22.3. The van der Waals surface area contributed by atoms with Crippen LogP contribution in [0.3, 0.4) is 0 Å². The lowest BCUT2D eigenvalue weighted by molar-refractivity contribution is 0.0844. The van der Waals surface area contributed by atoms with Crippen LogP contribution in [0, 0.1) is 0 Å². The molecule has 4 aromatic rings. The summed E-state index contributed by atoms with van der Waals surface area (Å²) in [5.74, 6) is -0.00172. The summed E-state index contributed by atoms with van der Waals surface area (Å²) in [5, 5.41) is 0.845. The van der Waals surface area contributed by atoms with Crippen molar-refractivity contribution in [3.63, 3.8) is 0 Å². The number of nitrogens with one attached hydrogen (secondary N) is 3. The highest BCUT2D eigenvalue weighted by Gasteiger charge is 2.14. The monoisotopic (exact) mass is 447 g/mol. The van der Waals surface area contributed by atoms with Gasteiger partial charge in [0.2, 0.25) is 5.88 Å². The molecule has 2 amide bonds. The van der Waals surface area contributed by atoms with E-state index in [4.69, 9.17) is 4.74 Å². The molecule has 0 fully saturated rings. The second-order valence-electron chi connectivity index (χ2n) is 6.74. The molecule has 3 N–H and O–H groups in total. The first-order valence-corrected chi connectivity index (χ1v) is 11.0. The highest BCUT2D eigenvalue weighted by Crippen LogP contribution is 2.23. The highest BCUT2D eigenvalue weighted by atomic mass is 32.2. The van der Waals surface area contributed by atoms with E-state index in [1.54, 1.807) is 43.0 Å². The average Bonchev–Trinajstić information content (AvgIpc) is 3.25. The van der Waals surface area contributed by atoms with Crippen molar-refractivity contribution < 1.29 is 14.3 Å². The maximum atomic E-state index is 12.4. The third-order valence-corrected chi connectivity index (χ3v) is 5.49. The number of nitrogens with zero attached hydrogens (tertiary/aromatic N) is 2. The minimum Gasteiger partial charge on any atom is -0.477 e. The zero-order valence-electron chi connectivity index (χ0n) is 17.3. The molecular formula is C23H21N5O3S. The molecule has 2 aromatic carbocycles. The molecule has 0 unspecified atom stereocenters. The molecular weight excluding hydrogens is 426 g/mol. The van der Waals surface area contributed by atoms with Gasteiger partial charge in [0.15, 0.2) is 5.16 Å². The van der Waals surface area contributed by atoms with E-state index >= 15 is 0 Å². The van der Waals surface area contributed by atoms with E-state index < -0.39 is 11.8 Å². The molecule has 0 spiro atoms. The number of amides is 2. The number of ether oxygens (including phenoxy) is 1. The molecule has 0 atom stereocenters. The van der Waals surface area contributed by atoms with Gasteiger partial charge in [-0.25, -0.2) is 9.97 Å². The van der Waals surface area contributed by atoms with Crippen molar-refractivity contribution in [1.29, 1.82) is 0 Å². The molecule has 0 saturated carbocycles. The Morgan fingerprint density at radius 3 is 2.56 bits per heavy atom. The fraction of sp³-hybridized carbons (Fsp3) is 0.130. The standard InChI is InChI=1S/C23H21N5O3S/c1-2-31-22-17(6-5-13-24-22)21(30)28-27-20(29)16-11-9-15(10-12-16)14-32-23-25-18-7-3-4-8-19(18)26-23/h3-13H,2,14H2,1H3,(H,25,26)(H,27,29)(H,28,30). The Balaban J connectivity index is 1.31. The van der Waals surface area contributed by atoms with Crippen molar-refractivity contribution in [3.05, 3.63) is 83.6 Å². The third kappa shape index (κ3) is 5.06. The van der Waals surface area contributed by atoms with Crippen LogP contribution in [-0.2, 0) is 5.75 Å². The normalized spacial score (nSPS) is 10.7. The van der Waals surface area contributed by atoms with Crippen LogP contribution in [0.1, 0.15) is 33.2 Å². The SMILES string of the molecule is CCOc1ncccc1C(=O)NNC(=O)c1ccc(CSc2nc3ccccc3[nH]2)cc1. The van der Waals surface area contributed by atoms with Crippen molar-refractivity contribution in [3.8, 4) is 5.88 Å². The van der Waals surface area contributed by atoms with E-state index in [1.807, 2.05) is 36.4 Å². The summed E-state index contributed by atoms with van der Waals surface area (Å²) in [4.78, 5) is 36.6. The number of pyridine rings is 1. The molecule has 0 saturated heterocycles. The topological polar surface area (TPSA) is 109 Å². The number of rotatable bonds is 7. The van der Waals surface area contributed by atoms with E-state index in [0.29, 0.717) is 17.9 Å². The van der Waals surface area contributed by atoms with Crippen LogP contribution in [-0.4, -0.2) is 33.4 Å². The molecule has 0 aliphatic carbocycles. The number of carbonyl (C=O) groups excluding carboxylic acids is 2. The molecule has 0 aliphatic heterocycles. The number of H-pyrrole nitrogens is 1. The van der Waals surface area contributed by atoms with Crippen LogP contribution in [0.5, 0.6) is 5.88 Å². The summed E-state index contributed by atoms with van der Waals surface area (Å²) in [7, 11) is 0. The van der Waals surface area contributed by atoms with E-state index in [-0.39, 0.29) is 11.4 Å². The quantitative estimate of drug-likeness (QED) is 0.294. The van der Waals surface area contributed by atoms with Gasteiger partial charge in [-0.15, -0.1) is 0 Å². The molecule has 32 heavy (non-hydrogen) atoms. The molecule has 8 nitrogen and oxygen atoms in total. The number of aromatic amines is 1. The lowest BCUT2D eigenvalue weighted by Gasteiger charge is -2.10. The number of hydrazine groups is 1. The Morgan fingerprint density at radius 2 is 1.78 bits per heavy atom. The van der Waals surface area contributed by atoms with Gasteiger partial charge in [0, 0.05) is 17.5 Å². The van der Waals surface area contributed by atoms with Crippen LogP contribution in [0.2, 0.25) is 0 Å². The molecule has 162 valence electrons. The lowest BCUT2D eigenvalue weighted by atomic mass is 10.1. The highest BCUT2D eigenvalue weighted by molar-refractivity contribution is 7.98. The van der Waals surface area contributed by atoms with Crippen molar-refractivity contribution in [1.82, 2.24) is 25.8 Å². The van der Waals surface area contributed by atoms with Crippen LogP contribution in [0.4, 0.5) is 0 Å². The first-order valence-electron chi connectivity index (χ1n) is 9.99. The largest absolute Gasteiger partial charge is 0.477 e. The second-order valence-corrected chi connectivity index (χ2v) is 7.71. The summed E-state index contributed by atoms with van der Waals surface area (Å²) >= 11 is 1.59. The Bertz CT molecular complexity index is 1210. The summed E-state index contributed by atoms with van der Waals surface area (Å²) in [6.45, 7) is 2.18. The molecule has 9 heteroatoms. The van der Waals surface area contributed by atoms with Crippen LogP contribution in [0.15, 0.2) is 72.0 Å². The minimum absolute atomic E-state index is 0.216. The van der Waals surface area contributed by atoms with Crippen molar-refractivity contribution in [2.24, 2.45) is 0 Å². The molecule has 0 bridgehead atoms. The van der Waals surface area contributed by atoms with Gasteiger partial charge in [0.05, 0.1) is 17.6 Å². The number of imidazole rings is 1. The number of thioether (sulfide) groups is 1. The van der Waals surface area contributed by atoms with Gasteiger partial charge in [-0.1, -0.05) is 36.0 Å². The number of fused-ring (bicyclic) bond motifs is 1. The predicted octanol–water partition coefficient (Wildman–Crippen LogP) is 3.72. The van der Waals surface area contributed by atoms with Crippen LogP contribution < -0.4 is 15.6 Å². The molecule has 4 rings (SSSR count). The van der Waals surface area contributed by atoms with E-state index in [2.05, 4.69) is 25.8 Å². The van der Waals surface area contributed by atoms with Gasteiger partial charge in [-0.05, 0) is 48.9 Å². The number of para-hydroxylation sites is 2. The van der Waals surface area contributed by atoms with Gasteiger partial charge < -0.3 is 9.72 Å². The predicted molar refractivity (Wildman–Crippen MR) is 122 cm³/mol. The van der Waals surface area contributed by atoms with Crippen LogP contribution >= 0.6 is 11.8 Å². The molecule has 2 heterocycles. The summed E-state index contributed by atoms with van der Waals surface area (Å²) < 4.78 is 5.34. The molecule has 0 radical (unpaired) electrons. The van der Waals surface area contributed by atoms with Gasteiger partial charge in [0.1, 0.15) is 5.56 Å². The number of hydrogen-bond acceptors (Lipinski definition) is 6. The van der Waals surface area contributed by atoms with E-state index in [1.165, 1.54) is 6.20 Å². The zero-order valence-corrected chi connectivity index (χ0v) is 18.1. The van der Waals surface area contributed by atoms with Gasteiger partial charge in [-0.2, -0.15) is 0 Å². The van der Waals surface area contributed by atoms with E-state index in [9.17, 15) is 9.59 Å². The lowest BCUT2D eigenvalue weighted by Crippen LogP contribution is -2.41. The van der Waals surface area contributed by atoms with Crippen molar-refractivity contribution in [2.75, 3.05) is 6.61 Å². The summed E-state index contributed by atoms with van der Waals surface area (Å²) in [6, 6.07) is 18.3. The molecule has 0 aliphatic rings. The number of hydrogen-bond donors (Lipinski definition) is 3. The maximum absolute atomic E-state index is 12.4. The second kappa shape index (κ2) is 9.97. The fourth-order valence-electron chi connectivity index (χ4n) is 2.97. The first kappa shape index (κ1) is 21.4. The summed E-state index contributed by atoms with van der Waals surface area (Å²) in [6.07, 6.45) is 1.54. The van der Waals surface area contributed by atoms with Gasteiger partial charge in [-0.3, -0.25) is 20.4 Å². The number of carbonyl (C=O) groups is 2. The summed E-state index contributed by atoms with van der Waals surface area (Å²) in [5.41, 5.74) is 8.47. The Hall–Kier alpha value is -3.85. The minimum atomic E-state index is -0.506. The Morgan fingerprint density at radius 1 is 1.00 bits per heavy atom. The fourth-order valence-corrected chi connectivity index (χ4v) is 3.81. The maximum Gasteiger partial charge on any atom is 0.275 e. The number of aromatic nitrogens is 3. The Kier molecular flexibility index (Phi) is 6.66. The van der Waals surface area contributed by atoms with Gasteiger partial charge >= 0.3 is 0 Å². The van der Waals surface area contributed by atoms with E-state index in [0.717, 1.165) is 21.8 Å². The average molecular weight is 448 g/mol. The van der Waals surface area contributed by atoms with Crippen molar-refractivity contribution in [2.45, 2.75) is 17.8 Å². The Labute approximate surface area is 188 Å². The number of benzene rings is 2. The van der Waals surface area contributed by atoms with Gasteiger partial charge in [0.25, 0.3) is 11.8 Å². The smallest absolute Gasteiger partial charge is 0.275 e. The third-order valence-electron chi connectivity index (χ3n) is 4.55. The van der Waals surface area contributed by atoms with Crippen molar-refractivity contribution >= 4 is 34.6 Å².